The molecule has 0 aliphatic heterocycles. The normalized spacial score (nSPS) is 11.9. The fourth-order valence-electron chi connectivity index (χ4n) is 6.64. The van der Waals surface area contributed by atoms with E-state index in [1.165, 1.54) is 49.4 Å². The molecule has 210 valence electrons. The van der Waals surface area contributed by atoms with Crippen molar-refractivity contribution in [2.75, 3.05) is 0 Å². The van der Waals surface area contributed by atoms with Gasteiger partial charge in [0.1, 0.15) is 0 Å². The molecule has 3 heteroatoms. The van der Waals surface area contributed by atoms with Gasteiger partial charge in [0, 0.05) is 16.7 Å². The van der Waals surface area contributed by atoms with Gasteiger partial charge in [-0.05, 0) is 73.5 Å². The number of nitrogens with zero attached hydrogens (tertiary/aromatic N) is 3. The van der Waals surface area contributed by atoms with Crippen LogP contribution in [0.3, 0.4) is 0 Å². The summed E-state index contributed by atoms with van der Waals surface area (Å²) in [6, 6.07) is 53.6. The minimum Gasteiger partial charge on any atom is -0.208 e. The van der Waals surface area contributed by atoms with E-state index >= 15 is 0 Å². The summed E-state index contributed by atoms with van der Waals surface area (Å²) in [7, 11) is 0. The first-order chi connectivity index (χ1) is 22.3. The molecule has 0 amide bonds. The Kier molecular flexibility index (Phi) is 5.88. The molecule has 1 aliphatic carbocycles. The first-order valence-electron chi connectivity index (χ1n) is 15.3. The molecule has 0 saturated carbocycles. The van der Waals surface area contributed by atoms with Crippen LogP contribution < -0.4 is 0 Å². The second-order valence-corrected chi connectivity index (χ2v) is 11.7. The van der Waals surface area contributed by atoms with Crippen LogP contribution in [0.1, 0.15) is 11.1 Å². The zero-order valence-electron chi connectivity index (χ0n) is 24.5. The lowest BCUT2D eigenvalue weighted by atomic mass is 9.99. The summed E-state index contributed by atoms with van der Waals surface area (Å²) >= 11 is 0. The van der Waals surface area contributed by atoms with E-state index < -0.39 is 0 Å². The molecule has 8 aromatic rings. The quantitative estimate of drug-likeness (QED) is 0.210. The van der Waals surface area contributed by atoms with Gasteiger partial charge >= 0.3 is 0 Å². The maximum Gasteiger partial charge on any atom is 0.164 e. The zero-order chi connectivity index (χ0) is 29.7. The molecule has 0 bridgehead atoms. The number of fused-ring (bicyclic) bond motifs is 6. The number of hydrogen-bond acceptors (Lipinski definition) is 3. The van der Waals surface area contributed by atoms with Gasteiger partial charge in [0.05, 0.1) is 0 Å². The van der Waals surface area contributed by atoms with Crippen molar-refractivity contribution in [3.8, 4) is 56.4 Å². The molecular formula is C42H27N3. The zero-order valence-corrected chi connectivity index (χ0v) is 24.5. The number of benzene rings is 7. The summed E-state index contributed by atoms with van der Waals surface area (Å²) in [5.74, 6) is 2.02. The molecule has 0 fully saturated rings. The van der Waals surface area contributed by atoms with Gasteiger partial charge in [-0.1, -0.05) is 140 Å². The van der Waals surface area contributed by atoms with Crippen LogP contribution in [-0.4, -0.2) is 15.0 Å². The highest BCUT2D eigenvalue weighted by molar-refractivity contribution is 5.95. The molecule has 45 heavy (non-hydrogen) atoms. The lowest BCUT2D eigenvalue weighted by Gasteiger charge is -2.10. The van der Waals surface area contributed by atoms with E-state index in [0.717, 1.165) is 28.7 Å². The van der Waals surface area contributed by atoms with Crippen LogP contribution in [0.4, 0.5) is 0 Å². The van der Waals surface area contributed by atoms with E-state index in [0.29, 0.717) is 17.5 Å². The Balaban J connectivity index is 1.12. The maximum absolute atomic E-state index is 5.05. The number of hydrogen-bond donors (Lipinski definition) is 0. The van der Waals surface area contributed by atoms with Gasteiger partial charge in [-0.2, -0.15) is 0 Å². The summed E-state index contributed by atoms with van der Waals surface area (Å²) in [6.45, 7) is 0. The largest absolute Gasteiger partial charge is 0.208 e. The highest BCUT2D eigenvalue weighted by Gasteiger charge is 2.22. The van der Waals surface area contributed by atoms with Crippen molar-refractivity contribution < 1.29 is 0 Å². The van der Waals surface area contributed by atoms with Gasteiger partial charge in [-0.25, -0.2) is 15.0 Å². The Morgan fingerprint density at radius 3 is 1.71 bits per heavy atom. The van der Waals surface area contributed by atoms with Gasteiger partial charge in [0.25, 0.3) is 0 Å². The molecule has 9 rings (SSSR count). The van der Waals surface area contributed by atoms with Gasteiger partial charge in [0.2, 0.25) is 0 Å². The molecule has 7 aromatic carbocycles. The van der Waals surface area contributed by atoms with E-state index in [9.17, 15) is 0 Å². The Labute approximate surface area is 261 Å². The van der Waals surface area contributed by atoms with Crippen molar-refractivity contribution in [3.05, 3.63) is 163 Å². The molecule has 1 aromatic heterocycles. The number of rotatable bonds is 4. The fraction of sp³-hybridized carbons (Fsp3) is 0.0238. The Hall–Kier alpha value is -5.93. The van der Waals surface area contributed by atoms with Crippen LogP contribution in [-0.2, 0) is 6.42 Å². The van der Waals surface area contributed by atoms with Crippen molar-refractivity contribution >= 4 is 21.5 Å². The Morgan fingerprint density at radius 1 is 0.356 bits per heavy atom. The van der Waals surface area contributed by atoms with E-state index in [-0.39, 0.29) is 0 Å². The maximum atomic E-state index is 5.05. The standard InChI is InChI=1S/C42H27N3/c1-2-10-30(11-3-1)40-43-41(31-17-14-28(15-18-31)33-19-16-27-8-4-5-12-32(27)24-33)45-42(44-40)34-21-22-37-35(25-34)26-39-36-13-7-6-9-29(36)20-23-38(37)39/h1-25H,26H2. The summed E-state index contributed by atoms with van der Waals surface area (Å²) in [4.78, 5) is 15.0. The van der Waals surface area contributed by atoms with Crippen LogP contribution in [0.15, 0.2) is 152 Å². The van der Waals surface area contributed by atoms with Crippen LogP contribution >= 0.6 is 0 Å². The molecule has 0 radical (unpaired) electrons. The SMILES string of the molecule is c1ccc(-c2nc(-c3ccc(-c4ccc5ccccc5c4)cc3)nc(-c3ccc4c(c3)Cc3c-4ccc4ccccc34)n2)cc1. The van der Waals surface area contributed by atoms with E-state index in [1.54, 1.807) is 0 Å². The van der Waals surface area contributed by atoms with Crippen LogP contribution in [0, 0.1) is 0 Å². The van der Waals surface area contributed by atoms with Crippen molar-refractivity contribution in [3.63, 3.8) is 0 Å². The number of aromatic nitrogens is 3. The lowest BCUT2D eigenvalue weighted by Crippen LogP contribution is -2.00. The molecule has 1 heterocycles. The molecule has 0 spiro atoms. The van der Waals surface area contributed by atoms with Gasteiger partial charge in [-0.3, -0.25) is 0 Å². The minimum atomic E-state index is 0.665. The Bertz CT molecular complexity index is 2390. The topological polar surface area (TPSA) is 38.7 Å². The van der Waals surface area contributed by atoms with E-state index in [2.05, 4.69) is 133 Å². The second-order valence-electron chi connectivity index (χ2n) is 11.7. The summed E-state index contributed by atoms with van der Waals surface area (Å²) < 4.78 is 0. The molecule has 1 aliphatic rings. The van der Waals surface area contributed by atoms with Crippen molar-refractivity contribution in [2.45, 2.75) is 6.42 Å². The summed E-state index contributed by atoms with van der Waals surface area (Å²) in [5.41, 5.74) is 10.6. The van der Waals surface area contributed by atoms with Crippen LogP contribution in [0.2, 0.25) is 0 Å². The molecule has 0 unspecified atom stereocenters. The first kappa shape index (κ1) is 25.6. The minimum absolute atomic E-state index is 0.665. The van der Waals surface area contributed by atoms with Gasteiger partial charge in [-0.15, -0.1) is 0 Å². The average Bonchev–Trinajstić information content (AvgIpc) is 3.50. The third-order valence-corrected chi connectivity index (χ3v) is 8.95. The third-order valence-electron chi connectivity index (χ3n) is 8.95. The van der Waals surface area contributed by atoms with Crippen molar-refractivity contribution in [1.29, 1.82) is 0 Å². The summed E-state index contributed by atoms with van der Waals surface area (Å²) in [5, 5.41) is 5.09. The highest BCUT2D eigenvalue weighted by atomic mass is 15.0. The van der Waals surface area contributed by atoms with Crippen LogP contribution in [0.5, 0.6) is 0 Å². The third kappa shape index (κ3) is 4.49. The van der Waals surface area contributed by atoms with Gasteiger partial charge in [0.15, 0.2) is 17.5 Å². The van der Waals surface area contributed by atoms with Crippen molar-refractivity contribution in [1.82, 2.24) is 15.0 Å². The molecule has 0 N–H and O–H groups in total. The van der Waals surface area contributed by atoms with E-state index in [4.69, 9.17) is 15.0 Å². The average molecular weight is 574 g/mol. The Morgan fingerprint density at radius 2 is 0.911 bits per heavy atom. The fourth-order valence-corrected chi connectivity index (χ4v) is 6.64. The smallest absolute Gasteiger partial charge is 0.164 e. The first-order valence-corrected chi connectivity index (χ1v) is 15.3. The lowest BCUT2D eigenvalue weighted by molar-refractivity contribution is 1.07. The van der Waals surface area contributed by atoms with E-state index in [1.807, 2.05) is 18.2 Å². The monoisotopic (exact) mass is 573 g/mol. The predicted octanol–water partition coefficient (Wildman–Crippen LogP) is 10.4. The predicted molar refractivity (Wildman–Crippen MR) is 185 cm³/mol. The highest BCUT2D eigenvalue weighted by Crippen LogP contribution is 2.42. The van der Waals surface area contributed by atoms with Crippen LogP contribution in [0.25, 0.3) is 78.0 Å². The molecule has 3 nitrogen and oxygen atoms in total. The van der Waals surface area contributed by atoms with Crippen molar-refractivity contribution in [2.24, 2.45) is 0 Å². The molecular weight excluding hydrogens is 546 g/mol. The van der Waals surface area contributed by atoms with Gasteiger partial charge < -0.3 is 0 Å². The second kappa shape index (κ2) is 10.4. The molecule has 0 saturated heterocycles. The molecule has 0 atom stereocenters. The summed E-state index contributed by atoms with van der Waals surface area (Å²) in [6.07, 6.45) is 0.902.